The van der Waals surface area contributed by atoms with Gasteiger partial charge in [-0.3, -0.25) is 4.90 Å². The lowest BCUT2D eigenvalue weighted by atomic mass is 10.1. The zero-order valence-corrected chi connectivity index (χ0v) is 20.4. The van der Waals surface area contributed by atoms with Crippen molar-refractivity contribution in [1.82, 2.24) is 20.5 Å². The van der Waals surface area contributed by atoms with Crippen molar-refractivity contribution in [3.63, 3.8) is 0 Å². The number of nitrogens with one attached hydrogen (secondary N) is 2. The van der Waals surface area contributed by atoms with Crippen LogP contribution in [0.4, 0.5) is 0 Å². The average Bonchev–Trinajstić information content (AvgIpc) is 3.22. The van der Waals surface area contributed by atoms with E-state index in [1.807, 2.05) is 12.1 Å². The van der Waals surface area contributed by atoms with Crippen molar-refractivity contribution in [3.05, 3.63) is 41.8 Å². The van der Waals surface area contributed by atoms with Crippen LogP contribution < -0.4 is 10.6 Å². The summed E-state index contributed by atoms with van der Waals surface area (Å²) in [5.41, 5.74) is 3.03. The molecule has 7 nitrogen and oxygen atoms in total. The number of aromatic nitrogens is 1. The molecule has 1 fully saturated rings. The largest absolute Gasteiger partial charge is 0.444 e. The lowest BCUT2D eigenvalue weighted by Gasteiger charge is -2.26. The Balaban J connectivity index is 0.00000320. The number of hydrogen-bond acceptors (Lipinski definition) is 5. The minimum Gasteiger partial charge on any atom is -0.444 e. The van der Waals surface area contributed by atoms with E-state index in [1.54, 1.807) is 6.26 Å². The Morgan fingerprint density at radius 3 is 2.63 bits per heavy atom. The van der Waals surface area contributed by atoms with Crippen LogP contribution in [0.25, 0.3) is 11.5 Å². The second-order valence-electron chi connectivity index (χ2n) is 7.29. The maximum Gasteiger partial charge on any atom is 0.226 e. The Labute approximate surface area is 196 Å². The topological polar surface area (TPSA) is 74.9 Å². The highest BCUT2D eigenvalue weighted by molar-refractivity contribution is 14.0. The molecule has 0 radical (unpaired) electrons. The molecule has 2 N–H and O–H groups in total. The molecule has 166 valence electrons. The Hall–Kier alpha value is -1.65. The molecular weight excluding hydrogens is 493 g/mol. The molecule has 2 heterocycles. The van der Waals surface area contributed by atoms with E-state index in [0.717, 1.165) is 69.6 Å². The summed E-state index contributed by atoms with van der Waals surface area (Å²) in [6.07, 6.45) is 3.98. The van der Waals surface area contributed by atoms with Gasteiger partial charge in [0.1, 0.15) is 12.0 Å². The minimum atomic E-state index is 0. The van der Waals surface area contributed by atoms with Crippen molar-refractivity contribution in [2.24, 2.45) is 4.99 Å². The summed E-state index contributed by atoms with van der Waals surface area (Å²) in [7, 11) is 0. The van der Waals surface area contributed by atoms with Crippen molar-refractivity contribution in [3.8, 4) is 11.5 Å². The predicted octanol–water partition coefficient (Wildman–Crippen LogP) is 3.44. The van der Waals surface area contributed by atoms with Gasteiger partial charge in [0.05, 0.1) is 19.8 Å². The van der Waals surface area contributed by atoms with Gasteiger partial charge >= 0.3 is 0 Å². The zero-order chi connectivity index (χ0) is 20.3. The lowest BCUT2D eigenvalue weighted by molar-refractivity contribution is 0.0372. The maximum atomic E-state index is 5.62. The summed E-state index contributed by atoms with van der Waals surface area (Å²) in [6.45, 7) is 11.3. The number of halogens is 1. The molecule has 0 atom stereocenters. The lowest BCUT2D eigenvalue weighted by Crippen LogP contribution is -2.39. The monoisotopic (exact) mass is 527 g/mol. The van der Waals surface area contributed by atoms with Crippen LogP contribution in [0.5, 0.6) is 0 Å². The summed E-state index contributed by atoms with van der Waals surface area (Å²) in [5.74, 6) is 1.45. The van der Waals surface area contributed by atoms with Crippen LogP contribution in [0.2, 0.25) is 0 Å². The Kier molecular flexibility index (Phi) is 11.2. The van der Waals surface area contributed by atoms with Crippen LogP contribution in [0.15, 0.2) is 39.9 Å². The normalized spacial score (nSPS) is 14.9. The third-order valence-corrected chi connectivity index (χ3v) is 4.89. The summed E-state index contributed by atoms with van der Waals surface area (Å²) in [6, 6.07) is 8.17. The molecule has 0 unspecified atom stereocenters. The van der Waals surface area contributed by atoms with Gasteiger partial charge in [0, 0.05) is 31.7 Å². The van der Waals surface area contributed by atoms with Crippen molar-refractivity contribution in [2.45, 2.75) is 33.2 Å². The van der Waals surface area contributed by atoms with E-state index in [0.29, 0.717) is 12.4 Å². The zero-order valence-electron chi connectivity index (χ0n) is 18.0. The predicted molar refractivity (Wildman–Crippen MR) is 131 cm³/mol. The van der Waals surface area contributed by atoms with Crippen molar-refractivity contribution in [1.29, 1.82) is 0 Å². The maximum absolute atomic E-state index is 5.62. The highest BCUT2D eigenvalue weighted by Crippen LogP contribution is 2.19. The molecule has 0 bridgehead atoms. The number of hydrogen-bond donors (Lipinski definition) is 2. The summed E-state index contributed by atoms with van der Waals surface area (Å²) < 4.78 is 11.0. The van der Waals surface area contributed by atoms with Gasteiger partial charge in [0.2, 0.25) is 5.89 Å². The van der Waals surface area contributed by atoms with Gasteiger partial charge in [0.25, 0.3) is 0 Å². The van der Waals surface area contributed by atoms with Crippen LogP contribution >= 0.6 is 24.0 Å². The number of morpholine rings is 1. The second-order valence-corrected chi connectivity index (χ2v) is 7.29. The Bertz CT molecular complexity index is 757. The number of aliphatic imine (C=N–C) groups is 1. The first-order valence-corrected chi connectivity index (χ1v) is 10.6. The molecular formula is C22H34IN5O2. The first-order valence-electron chi connectivity index (χ1n) is 10.6. The van der Waals surface area contributed by atoms with E-state index in [4.69, 9.17) is 9.15 Å². The molecule has 0 aliphatic carbocycles. The van der Waals surface area contributed by atoms with Crippen molar-refractivity contribution in [2.75, 3.05) is 45.9 Å². The summed E-state index contributed by atoms with van der Waals surface area (Å²) >= 11 is 0. The number of nitrogens with zero attached hydrogens (tertiary/aromatic N) is 3. The smallest absolute Gasteiger partial charge is 0.226 e. The van der Waals surface area contributed by atoms with Crippen LogP contribution in [0, 0.1) is 6.92 Å². The van der Waals surface area contributed by atoms with Crippen LogP contribution in [0.3, 0.4) is 0 Å². The van der Waals surface area contributed by atoms with Gasteiger partial charge in [-0.1, -0.05) is 17.7 Å². The third-order valence-electron chi connectivity index (χ3n) is 4.89. The molecule has 0 saturated carbocycles. The van der Waals surface area contributed by atoms with Gasteiger partial charge < -0.3 is 19.8 Å². The van der Waals surface area contributed by atoms with Crippen molar-refractivity contribution < 1.29 is 9.15 Å². The molecule has 1 aromatic carbocycles. The molecule has 0 spiro atoms. The average molecular weight is 527 g/mol. The highest BCUT2D eigenvalue weighted by atomic mass is 127. The third kappa shape index (κ3) is 8.23. The summed E-state index contributed by atoms with van der Waals surface area (Å²) in [5, 5.41) is 6.70. The molecule has 1 saturated heterocycles. The molecule has 2 aromatic rings. The number of aryl methyl sites for hydroxylation is 1. The Morgan fingerprint density at radius 2 is 1.90 bits per heavy atom. The van der Waals surface area contributed by atoms with E-state index in [1.165, 1.54) is 12.0 Å². The van der Waals surface area contributed by atoms with Gasteiger partial charge in [-0.2, -0.15) is 0 Å². The van der Waals surface area contributed by atoms with Crippen LogP contribution in [-0.4, -0.2) is 61.8 Å². The molecule has 8 heteroatoms. The fourth-order valence-electron chi connectivity index (χ4n) is 3.20. The van der Waals surface area contributed by atoms with E-state index in [9.17, 15) is 0 Å². The molecule has 1 aliphatic rings. The van der Waals surface area contributed by atoms with Gasteiger partial charge in [-0.25, -0.2) is 9.98 Å². The van der Waals surface area contributed by atoms with Gasteiger partial charge in [0.15, 0.2) is 5.96 Å². The molecule has 30 heavy (non-hydrogen) atoms. The van der Waals surface area contributed by atoms with Gasteiger partial charge in [-0.05, 0) is 45.4 Å². The standard InChI is InChI=1S/C22H33N5O2.HI/c1-3-23-22(24-10-4-5-11-27-12-14-28-15-13-27)25-16-20-17-29-21(26-20)19-8-6-18(2)7-9-19;/h6-9,17H,3-5,10-16H2,1-2H3,(H2,23,24,25);1H. The van der Waals surface area contributed by atoms with Crippen LogP contribution in [-0.2, 0) is 11.3 Å². The quantitative estimate of drug-likeness (QED) is 0.225. The molecule has 0 amide bonds. The highest BCUT2D eigenvalue weighted by Gasteiger charge is 2.09. The second kappa shape index (κ2) is 13.6. The van der Waals surface area contributed by atoms with Crippen LogP contribution in [0.1, 0.15) is 31.0 Å². The number of rotatable bonds is 9. The van der Waals surface area contributed by atoms with E-state index in [-0.39, 0.29) is 24.0 Å². The summed E-state index contributed by atoms with van der Waals surface area (Å²) in [4.78, 5) is 11.7. The first kappa shape index (κ1) is 24.6. The number of oxazole rings is 1. The molecule has 3 rings (SSSR count). The fourth-order valence-corrected chi connectivity index (χ4v) is 3.20. The van der Waals surface area contributed by atoms with E-state index < -0.39 is 0 Å². The SMILES string of the molecule is CCNC(=NCc1coc(-c2ccc(C)cc2)n1)NCCCCN1CCOCC1.I. The fraction of sp³-hybridized carbons (Fsp3) is 0.545. The van der Waals surface area contributed by atoms with Gasteiger partial charge in [-0.15, -0.1) is 24.0 Å². The first-order chi connectivity index (χ1) is 14.2. The van der Waals surface area contributed by atoms with Crippen molar-refractivity contribution >= 4 is 29.9 Å². The minimum absolute atomic E-state index is 0. The molecule has 1 aromatic heterocycles. The number of ether oxygens (including phenoxy) is 1. The van der Waals surface area contributed by atoms with E-state index >= 15 is 0 Å². The molecule has 1 aliphatic heterocycles. The number of guanidine groups is 1. The number of unbranched alkanes of at least 4 members (excludes halogenated alkanes) is 1. The number of benzene rings is 1. The Morgan fingerprint density at radius 1 is 1.13 bits per heavy atom. The van der Waals surface area contributed by atoms with E-state index in [2.05, 4.69) is 51.5 Å².